The molecule has 0 aromatic carbocycles. The Hall–Kier alpha value is -2.07. The van der Waals surface area contributed by atoms with Gasteiger partial charge in [-0.1, -0.05) is 23.1 Å². The number of carbonyl (C=O) groups is 1. The van der Waals surface area contributed by atoms with Crippen LogP contribution in [0.5, 0.6) is 0 Å². The average molecular weight is 321 g/mol. The number of imidazole rings is 1. The Balaban J connectivity index is 1.72. The van der Waals surface area contributed by atoms with Gasteiger partial charge in [0.25, 0.3) is 0 Å². The number of fused-ring (bicyclic) bond motifs is 1. The number of thioether (sulfide) groups is 1. The molecule has 108 valence electrons. The predicted octanol–water partition coefficient (Wildman–Crippen LogP) is 1.63. The quantitative estimate of drug-likeness (QED) is 0.555. The lowest BCUT2D eigenvalue weighted by Gasteiger charge is -2.09. The lowest BCUT2D eigenvalue weighted by Crippen LogP contribution is -2.22. The fraction of sp³-hybridized carbons (Fsp3) is 0.273. The van der Waals surface area contributed by atoms with Crippen LogP contribution in [0.3, 0.4) is 0 Å². The first-order valence-corrected chi connectivity index (χ1v) is 7.75. The molecule has 0 fully saturated rings. The zero-order valence-corrected chi connectivity index (χ0v) is 12.8. The second-order valence-electron chi connectivity index (χ2n) is 4.16. The minimum absolute atomic E-state index is 0.151. The maximum Gasteiger partial charge on any atom is 0.239 e. The summed E-state index contributed by atoms with van der Waals surface area (Å²) in [6, 6.07) is 0. The highest BCUT2D eigenvalue weighted by molar-refractivity contribution is 8.00. The molecule has 2 N–H and O–H groups in total. The summed E-state index contributed by atoms with van der Waals surface area (Å²) >= 11 is 2.67. The Morgan fingerprint density at radius 1 is 1.38 bits per heavy atom. The Morgan fingerprint density at radius 3 is 3.00 bits per heavy atom. The summed E-state index contributed by atoms with van der Waals surface area (Å²) < 4.78 is 0. The molecule has 8 nitrogen and oxygen atoms in total. The molecule has 0 bridgehead atoms. The van der Waals surface area contributed by atoms with E-state index >= 15 is 0 Å². The van der Waals surface area contributed by atoms with Crippen molar-refractivity contribution in [1.82, 2.24) is 30.1 Å². The normalized spacial score (nSPS) is 12.5. The molecule has 3 heterocycles. The Labute approximate surface area is 127 Å². The van der Waals surface area contributed by atoms with E-state index in [2.05, 4.69) is 35.5 Å². The molecule has 0 aliphatic heterocycles. The highest BCUT2D eigenvalue weighted by Gasteiger charge is 2.19. The van der Waals surface area contributed by atoms with E-state index in [0.29, 0.717) is 15.8 Å². The largest absolute Gasteiger partial charge is 0.341 e. The summed E-state index contributed by atoms with van der Waals surface area (Å²) in [5, 5.41) is 12.1. The molecular weight excluding hydrogens is 310 g/mol. The van der Waals surface area contributed by atoms with Crippen molar-refractivity contribution in [2.45, 2.75) is 24.1 Å². The van der Waals surface area contributed by atoms with Gasteiger partial charge in [-0.2, -0.15) is 0 Å². The molecule has 3 aromatic rings. The van der Waals surface area contributed by atoms with Crippen molar-refractivity contribution in [1.29, 1.82) is 0 Å². The van der Waals surface area contributed by atoms with Crippen molar-refractivity contribution >= 4 is 45.3 Å². The topological polar surface area (TPSA) is 109 Å². The number of nitrogens with zero attached hydrogens (tertiary/aromatic N) is 5. The van der Waals surface area contributed by atoms with E-state index in [4.69, 9.17) is 0 Å². The SMILES string of the molecule is Cc1nnc(NC(=O)C(C)Sc2ncnc3nc[nH]c23)s1. The van der Waals surface area contributed by atoms with E-state index < -0.39 is 0 Å². The minimum atomic E-state index is -0.337. The van der Waals surface area contributed by atoms with Crippen molar-refractivity contribution in [2.75, 3.05) is 5.32 Å². The smallest absolute Gasteiger partial charge is 0.239 e. The van der Waals surface area contributed by atoms with Crippen LogP contribution in [0.15, 0.2) is 17.7 Å². The van der Waals surface area contributed by atoms with Crippen LogP contribution in [0, 0.1) is 6.92 Å². The van der Waals surface area contributed by atoms with Crippen molar-refractivity contribution in [3.63, 3.8) is 0 Å². The number of amides is 1. The third-order valence-electron chi connectivity index (χ3n) is 2.60. The molecule has 21 heavy (non-hydrogen) atoms. The minimum Gasteiger partial charge on any atom is -0.341 e. The monoisotopic (exact) mass is 321 g/mol. The lowest BCUT2D eigenvalue weighted by atomic mass is 10.4. The molecule has 3 rings (SSSR count). The van der Waals surface area contributed by atoms with Crippen LogP contribution in [0.25, 0.3) is 11.2 Å². The van der Waals surface area contributed by atoms with Gasteiger partial charge >= 0.3 is 0 Å². The number of hydrogen-bond acceptors (Lipinski definition) is 8. The summed E-state index contributed by atoms with van der Waals surface area (Å²) in [5.74, 6) is -0.151. The molecule has 1 atom stereocenters. The zero-order valence-electron chi connectivity index (χ0n) is 11.2. The summed E-state index contributed by atoms with van der Waals surface area (Å²) in [7, 11) is 0. The number of anilines is 1. The molecule has 1 amide bonds. The Bertz CT molecular complexity index is 784. The van der Waals surface area contributed by atoms with Crippen LogP contribution in [0.4, 0.5) is 5.13 Å². The molecule has 3 aromatic heterocycles. The summed E-state index contributed by atoms with van der Waals surface area (Å²) in [6.07, 6.45) is 2.99. The summed E-state index contributed by atoms with van der Waals surface area (Å²) in [4.78, 5) is 27.4. The van der Waals surface area contributed by atoms with Crippen molar-refractivity contribution in [3.8, 4) is 0 Å². The van der Waals surface area contributed by atoms with Gasteiger partial charge in [0.2, 0.25) is 11.0 Å². The van der Waals surface area contributed by atoms with E-state index in [1.807, 2.05) is 6.92 Å². The summed E-state index contributed by atoms with van der Waals surface area (Å²) in [6.45, 7) is 3.64. The fourth-order valence-corrected chi connectivity index (χ4v) is 3.08. The molecule has 0 saturated heterocycles. The van der Waals surface area contributed by atoms with E-state index in [9.17, 15) is 4.79 Å². The van der Waals surface area contributed by atoms with Crippen LogP contribution >= 0.6 is 23.1 Å². The van der Waals surface area contributed by atoms with Gasteiger partial charge in [0.1, 0.15) is 21.9 Å². The molecule has 0 spiro atoms. The van der Waals surface area contributed by atoms with Crippen molar-refractivity contribution in [3.05, 3.63) is 17.7 Å². The molecule has 10 heteroatoms. The van der Waals surface area contributed by atoms with Gasteiger partial charge in [0.05, 0.1) is 11.6 Å². The summed E-state index contributed by atoms with van der Waals surface area (Å²) in [5.41, 5.74) is 1.31. The Kier molecular flexibility index (Phi) is 3.80. The average Bonchev–Trinajstić information content (AvgIpc) is 3.08. The number of aromatic nitrogens is 6. The van der Waals surface area contributed by atoms with Crippen molar-refractivity contribution in [2.24, 2.45) is 0 Å². The standard InChI is InChI=1S/C11H11N7OS2/c1-5(9(19)16-11-18-17-6(2)21-11)20-10-7-8(13-3-12-7)14-4-15-10/h3-5H,1-2H3,(H,16,18,19)(H,12,13,14,15). The second kappa shape index (κ2) is 5.74. The molecule has 0 aliphatic carbocycles. The van der Waals surface area contributed by atoms with Gasteiger partial charge in [-0.3, -0.25) is 10.1 Å². The first-order chi connectivity index (χ1) is 10.1. The third kappa shape index (κ3) is 3.00. The van der Waals surface area contributed by atoms with Crippen LogP contribution < -0.4 is 5.32 Å². The predicted molar refractivity (Wildman–Crippen MR) is 80.3 cm³/mol. The molecule has 0 radical (unpaired) electrons. The van der Waals surface area contributed by atoms with Gasteiger partial charge in [0, 0.05) is 0 Å². The maximum atomic E-state index is 12.1. The van der Waals surface area contributed by atoms with E-state index in [1.54, 1.807) is 13.3 Å². The fourth-order valence-electron chi connectivity index (χ4n) is 1.61. The molecule has 1 unspecified atom stereocenters. The first-order valence-electron chi connectivity index (χ1n) is 6.05. The molecule has 0 aliphatic rings. The van der Waals surface area contributed by atoms with E-state index in [-0.39, 0.29) is 11.2 Å². The number of carbonyl (C=O) groups excluding carboxylic acids is 1. The number of hydrogen-bond donors (Lipinski definition) is 2. The van der Waals surface area contributed by atoms with Gasteiger partial charge in [-0.15, -0.1) is 10.2 Å². The number of aryl methyl sites for hydroxylation is 1. The van der Waals surface area contributed by atoms with Gasteiger partial charge in [-0.05, 0) is 13.8 Å². The first kappa shape index (κ1) is 13.9. The number of rotatable bonds is 4. The zero-order chi connectivity index (χ0) is 14.8. The van der Waals surface area contributed by atoms with Crippen LogP contribution in [0.2, 0.25) is 0 Å². The van der Waals surface area contributed by atoms with Crippen molar-refractivity contribution < 1.29 is 4.79 Å². The molecular formula is C11H11N7OS2. The van der Waals surface area contributed by atoms with Crippen LogP contribution in [-0.2, 0) is 4.79 Å². The highest BCUT2D eigenvalue weighted by atomic mass is 32.2. The lowest BCUT2D eigenvalue weighted by molar-refractivity contribution is -0.115. The second-order valence-corrected chi connectivity index (χ2v) is 6.67. The highest BCUT2D eigenvalue weighted by Crippen LogP contribution is 2.27. The van der Waals surface area contributed by atoms with E-state index in [0.717, 1.165) is 10.5 Å². The van der Waals surface area contributed by atoms with Gasteiger partial charge in [-0.25, -0.2) is 15.0 Å². The number of nitrogens with one attached hydrogen (secondary N) is 2. The van der Waals surface area contributed by atoms with Gasteiger partial charge < -0.3 is 4.98 Å². The molecule has 0 saturated carbocycles. The van der Waals surface area contributed by atoms with Gasteiger partial charge in [0.15, 0.2) is 5.65 Å². The van der Waals surface area contributed by atoms with Crippen LogP contribution in [0.1, 0.15) is 11.9 Å². The Morgan fingerprint density at radius 2 is 2.24 bits per heavy atom. The number of H-pyrrole nitrogens is 1. The van der Waals surface area contributed by atoms with E-state index in [1.165, 1.54) is 29.4 Å². The number of aromatic amines is 1. The van der Waals surface area contributed by atoms with Crippen LogP contribution in [-0.4, -0.2) is 41.3 Å². The third-order valence-corrected chi connectivity index (χ3v) is 4.46. The maximum absolute atomic E-state index is 12.1.